The van der Waals surface area contributed by atoms with Gasteiger partial charge < -0.3 is 14.1 Å². The zero-order valence-electron chi connectivity index (χ0n) is 17.5. The lowest BCUT2D eigenvalue weighted by atomic mass is 9.97. The standard InChI is InChI=1S/C22H31NO3Si/c1-15-8-10-16(11-9-15)23-17-12-13-18(23)20(21(24)25-5)19(14-17)26-27(6,7)22(2,3)4/h8-13,17-18H,14H2,1-7H3/t17-,18+/m0/s1. The number of rotatable bonds is 4. The van der Waals surface area contributed by atoms with Crippen LogP contribution in [0, 0.1) is 6.92 Å². The molecule has 0 N–H and O–H groups in total. The van der Waals surface area contributed by atoms with E-state index in [9.17, 15) is 4.79 Å². The molecule has 0 aliphatic carbocycles. The Labute approximate surface area is 164 Å². The molecule has 27 heavy (non-hydrogen) atoms. The minimum absolute atomic E-state index is 0.0712. The maximum absolute atomic E-state index is 12.7. The van der Waals surface area contributed by atoms with E-state index in [0.29, 0.717) is 12.0 Å². The quantitative estimate of drug-likeness (QED) is 0.417. The summed E-state index contributed by atoms with van der Waals surface area (Å²) in [5.41, 5.74) is 2.99. The number of ether oxygens (including phenoxy) is 1. The third-order valence-corrected chi connectivity index (χ3v) is 10.5. The van der Waals surface area contributed by atoms with Crippen molar-refractivity contribution >= 4 is 20.0 Å². The molecule has 2 aliphatic heterocycles. The molecule has 146 valence electrons. The summed E-state index contributed by atoms with van der Waals surface area (Å²) in [6.45, 7) is 13.2. The Kier molecular flexibility index (Phi) is 5.01. The lowest BCUT2D eigenvalue weighted by Crippen LogP contribution is -2.48. The number of benzene rings is 1. The highest BCUT2D eigenvalue weighted by molar-refractivity contribution is 6.74. The molecule has 2 heterocycles. The second-order valence-corrected chi connectivity index (χ2v) is 13.8. The Morgan fingerprint density at radius 2 is 1.78 bits per heavy atom. The van der Waals surface area contributed by atoms with Gasteiger partial charge in [-0.3, -0.25) is 0 Å². The Bertz CT molecular complexity index is 787. The van der Waals surface area contributed by atoms with Crippen LogP contribution in [0.5, 0.6) is 0 Å². The summed E-state index contributed by atoms with van der Waals surface area (Å²) in [7, 11) is -0.600. The maximum Gasteiger partial charge on any atom is 0.339 e. The monoisotopic (exact) mass is 385 g/mol. The van der Waals surface area contributed by atoms with E-state index < -0.39 is 8.32 Å². The molecule has 0 unspecified atom stereocenters. The average molecular weight is 386 g/mol. The molecule has 1 aromatic carbocycles. The zero-order valence-corrected chi connectivity index (χ0v) is 18.5. The van der Waals surface area contributed by atoms with Gasteiger partial charge >= 0.3 is 5.97 Å². The highest BCUT2D eigenvalue weighted by Gasteiger charge is 2.46. The zero-order chi connectivity index (χ0) is 20.0. The first-order valence-electron chi connectivity index (χ1n) is 9.59. The van der Waals surface area contributed by atoms with Crippen LogP contribution in [0.4, 0.5) is 5.69 Å². The van der Waals surface area contributed by atoms with Crippen LogP contribution in [0.15, 0.2) is 47.7 Å². The van der Waals surface area contributed by atoms with Crippen LogP contribution in [0.1, 0.15) is 32.8 Å². The summed E-state index contributed by atoms with van der Waals surface area (Å²) in [5, 5.41) is 0.0712. The van der Waals surface area contributed by atoms with Crippen molar-refractivity contribution in [3.63, 3.8) is 0 Å². The summed E-state index contributed by atoms with van der Waals surface area (Å²) >= 11 is 0. The van der Waals surface area contributed by atoms with Gasteiger partial charge in [0.2, 0.25) is 8.32 Å². The first-order chi connectivity index (χ1) is 12.5. The average Bonchev–Trinajstić information content (AvgIpc) is 2.88. The second-order valence-electron chi connectivity index (χ2n) is 9.03. The Morgan fingerprint density at radius 3 is 2.33 bits per heavy atom. The molecular weight excluding hydrogens is 354 g/mol. The fraction of sp³-hybridized carbons (Fsp3) is 0.500. The maximum atomic E-state index is 12.7. The molecule has 0 saturated carbocycles. The van der Waals surface area contributed by atoms with Crippen molar-refractivity contribution in [3.8, 4) is 0 Å². The van der Waals surface area contributed by atoms with Crippen molar-refractivity contribution in [2.45, 2.75) is 64.3 Å². The number of hydrogen-bond acceptors (Lipinski definition) is 4. The van der Waals surface area contributed by atoms with Gasteiger partial charge in [0.25, 0.3) is 0 Å². The van der Waals surface area contributed by atoms with Gasteiger partial charge in [0, 0.05) is 12.1 Å². The number of nitrogens with zero attached hydrogens (tertiary/aromatic N) is 1. The van der Waals surface area contributed by atoms with E-state index in [0.717, 1.165) is 11.4 Å². The first kappa shape index (κ1) is 19.7. The van der Waals surface area contributed by atoms with Crippen LogP contribution in [-0.2, 0) is 14.0 Å². The van der Waals surface area contributed by atoms with Gasteiger partial charge in [0.05, 0.1) is 30.5 Å². The number of methoxy groups -OCH3 is 1. The van der Waals surface area contributed by atoms with Gasteiger partial charge in [-0.15, -0.1) is 0 Å². The van der Waals surface area contributed by atoms with Gasteiger partial charge in [-0.1, -0.05) is 50.6 Å². The van der Waals surface area contributed by atoms with E-state index in [2.05, 4.69) is 82.1 Å². The molecule has 4 nitrogen and oxygen atoms in total. The summed E-state index contributed by atoms with van der Waals surface area (Å²) < 4.78 is 11.8. The number of aryl methyl sites for hydroxylation is 1. The summed E-state index contributed by atoms with van der Waals surface area (Å²) in [5.74, 6) is 0.521. The van der Waals surface area contributed by atoms with Gasteiger partial charge in [0.1, 0.15) is 0 Å². The molecule has 2 bridgehead atoms. The topological polar surface area (TPSA) is 38.8 Å². The van der Waals surface area contributed by atoms with Crippen LogP contribution in [0.25, 0.3) is 0 Å². The predicted octanol–water partition coefficient (Wildman–Crippen LogP) is 4.96. The molecule has 0 spiro atoms. The third kappa shape index (κ3) is 3.57. The highest BCUT2D eigenvalue weighted by Crippen LogP contribution is 2.44. The van der Waals surface area contributed by atoms with Gasteiger partial charge in [-0.25, -0.2) is 4.79 Å². The normalized spacial score (nSPS) is 22.3. The molecule has 5 heteroatoms. The number of carbonyl (C=O) groups excluding carboxylic acids is 1. The van der Waals surface area contributed by atoms with Crippen molar-refractivity contribution in [2.24, 2.45) is 0 Å². The molecule has 1 aromatic rings. The Morgan fingerprint density at radius 1 is 1.15 bits per heavy atom. The van der Waals surface area contributed by atoms with E-state index in [1.165, 1.54) is 12.7 Å². The van der Waals surface area contributed by atoms with Crippen LogP contribution < -0.4 is 4.90 Å². The summed E-state index contributed by atoms with van der Waals surface area (Å²) in [4.78, 5) is 15.0. The van der Waals surface area contributed by atoms with Crippen LogP contribution in [-0.4, -0.2) is 33.5 Å². The Hall–Kier alpha value is -2.01. The molecule has 0 radical (unpaired) electrons. The molecule has 0 amide bonds. The van der Waals surface area contributed by atoms with Crippen LogP contribution in [0.2, 0.25) is 18.1 Å². The minimum atomic E-state index is -2.04. The summed E-state index contributed by atoms with van der Waals surface area (Å²) in [6.07, 6.45) is 4.99. The van der Waals surface area contributed by atoms with Crippen molar-refractivity contribution < 1.29 is 14.0 Å². The van der Waals surface area contributed by atoms with Crippen LogP contribution >= 0.6 is 0 Å². The molecule has 0 fully saturated rings. The SMILES string of the molecule is COC(=O)C1=C(O[Si](C)(C)C(C)(C)C)C[C@@H]2C=C[C@H]1N2c1ccc(C)cc1. The fourth-order valence-electron chi connectivity index (χ4n) is 3.46. The van der Waals surface area contributed by atoms with Crippen molar-refractivity contribution in [2.75, 3.05) is 12.0 Å². The number of fused-ring (bicyclic) bond motifs is 2. The van der Waals surface area contributed by atoms with Crippen LogP contribution in [0.3, 0.4) is 0 Å². The Balaban J connectivity index is 2.02. The second kappa shape index (κ2) is 6.86. The highest BCUT2D eigenvalue weighted by atomic mass is 28.4. The number of carbonyl (C=O) groups is 1. The van der Waals surface area contributed by atoms with E-state index in [4.69, 9.17) is 9.16 Å². The smallest absolute Gasteiger partial charge is 0.339 e. The van der Waals surface area contributed by atoms with Gasteiger partial charge in [0.15, 0.2) is 0 Å². The van der Waals surface area contributed by atoms with E-state index >= 15 is 0 Å². The minimum Gasteiger partial charge on any atom is -0.546 e. The molecule has 0 aromatic heterocycles. The number of esters is 1. The number of anilines is 1. The fourth-order valence-corrected chi connectivity index (χ4v) is 4.58. The largest absolute Gasteiger partial charge is 0.546 e. The van der Waals surface area contributed by atoms with Crippen molar-refractivity contribution in [3.05, 3.63) is 53.3 Å². The molecule has 0 saturated heterocycles. The van der Waals surface area contributed by atoms with E-state index in [-0.39, 0.29) is 23.1 Å². The lowest BCUT2D eigenvalue weighted by Gasteiger charge is -2.43. The van der Waals surface area contributed by atoms with Gasteiger partial charge in [-0.05, 0) is 37.2 Å². The summed E-state index contributed by atoms with van der Waals surface area (Å²) in [6, 6.07) is 8.52. The van der Waals surface area contributed by atoms with Gasteiger partial charge in [-0.2, -0.15) is 0 Å². The lowest BCUT2D eigenvalue weighted by molar-refractivity contribution is -0.136. The van der Waals surface area contributed by atoms with E-state index in [1.54, 1.807) is 0 Å². The van der Waals surface area contributed by atoms with E-state index in [1.807, 2.05) is 0 Å². The molecular formula is C22H31NO3Si. The van der Waals surface area contributed by atoms with Crippen molar-refractivity contribution in [1.29, 1.82) is 0 Å². The molecule has 2 aliphatic rings. The first-order valence-corrected chi connectivity index (χ1v) is 12.5. The predicted molar refractivity (Wildman–Crippen MR) is 112 cm³/mol. The van der Waals surface area contributed by atoms with Crippen molar-refractivity contribution in [1.82, 2.24) is 0 Å². The molecule has 2 atom stereocenters. The molecule has 3 rings (SSSR count). The number of hydrogen-bond donors (Lipinski definition) is 0. The third-order valence-electron chi connectivity index (χ3n) is 6.09.